The van der Waals surface area contributed by atoms with E-state index in [1.165, 1.54) is 18.3 Å². The maximum absolute atomic E-state index is 14.3. The molecule has 1 radical (unpaired) electrons. The van der Waals surface area contributed by atoms with E-state index in [9.17, 15) is 19.2 Å². The third-order valence-electron chi connectivity index (χ3n) is 7.37. The number of anilines is 1. The Morgan fingerprint density at radius 3 is 2.46 bits per heavy atom. The Labute approximate surface area is 243 Å². The van der Waals surface area contributed by atoms with Gasteiger partial charge in [-0.3, -0.25) is 24.7 Å². The number of nitrogens with two attached hydrogens (primary N) is 1. The molecule has 5 rings (SSSR count). The van der Waals surface area contributed by atoms with Gasteiger partial charge in [-0.05, 0) is 38.0 Å². The first-order chi connectivity index (χ1) is 19.7. The number of aromatic nitrogens is 1. The first-order valence-electron chi connectivity index (χ1n) is 13.9. The summed E-state index contributed by atoms with van der Waals surface area (Å²) in [5, 5.41) is 2.33. The van der Waals surface area contributed by atoms with Crippen molar-refractivity contribution in [2.24, 2.45) is 17.7 Å². The Bertz CT molecular complexity index is 1340. The summed E-state index contributed by atoms with van der Waals surface area (Å²) in [6.07, 6.45) is 5.17. The van der Waals surface area contributed by atoms with Crippen molar-refractivity contribution >= 4 is 40.6 Å². The van der Waals surface area contributed by atoms with E-state index in [2.05, 4.69) is 29.2 Å². The molecule has 2 saturated carbocycles. The third-order valence-corrected chi connectivity index (χ3v) is 8.25. The van der Waals surface area contributed by atoms with Gasteiger partial charge in [0.05, 0.1) is 0 Å². The van der Waals surface area contributed by atoms with Gasteiger partial charge in [0.2, 0.25) is 12.5 Å². The fourth-order valence-electron chi connectivity index (χ4n) is 5.07. The second-order valence-corrected chi connectivity index (χ2v) is 12.0. The fourth-order valence-corrected chi connectivity index (χ4v) is 5.96. The number of urea groups is 1. The Hall–Kier alpha value is -3.77. The molecule has 1 aliphatic heterocycles. The SMILES string of the molecule is CC1=C(C(=O)N(C(=O)c2csc(N(CC(C)C)C3CC3)n2)[C@H]([C]=O)CC2CC2)N(C(=O)NN)C(c2ccccc2)O1. The minimum Gasteiger partial charge on any atom is -0.468 e. The van der Waals surface area contributed by atoms with Crippen LogP contribution in [0.1, 0.15) is 75.2 Å². The summed E-state index contributed by atoms with van der Waals surface area (Å²) in [5.74, 6) is 4.66. The molecule has 2 aromatic rings. The summed E-state index contributed by atoms with van der Waals surface area (Å²) >= 11 is 1.34. The molecule has 3 aliphatic rings. The summed E-state index contributed by atoms with van der Waals surface area (Å²) in [7, 11) is 0. The van der Waals surface area contributed by atoms with E-state index >= 15 is 0 Å². The minimum atomic E-state index is -1.15. The van der Waals surface area contributed by atoms with Crippen molar-refractivity contribution in [3.63, 3.8) is 0 Å². The number of imide groups is 1. The van der Waals surface area contributed by atoms with Crippen LogP contribution in [-0.4, -0.2) is 57.5 Å². The molecule has 41 heavy (non-hydrogen) atoms. The Kier molecular flexibility index (Phi) is 8.41. The highest BCUT2D eigenvalue weighted by Gasteiger charge is 2.46. The van der Waals surface area contributed by atoms with Crippen LogP contribution < -0.4 is 16.2 Å². The van der Waals surface area contributed by atoms with Crippen LogP contribution in [0.3, 0.4) is 0 Å². The average molecular weight is 580 g/mol. The summed E-state index contributed by atoms with van der Waals surface area (Å²) in [5.41, 5.74) is 2.55. The maximum atomic E-state index is 14.3. The lowest BCUT2D eigenvalue weighted by atomic mass is 10.1. The van der Waals surface area contributed by atoms with E-state index in [-0.39, 0.29) is 29.5 Å². The highest BCUT2D eigenvalue weighted by molar-refractivity contribution is 7.14. The fraction of sp³-hybridized carbons (Fsp3) is 0.483. The Balaban J connectivity index is 1.50. The van der Waals surface area contributed by atoms with E-state index in [1.54, 1.807) is 29.6 Å². The lowest BCUT2D eigenvalue weighted by Gasteiger charge is -2.29. The largest absolute Gasteiger partial charge is 0.468 e. The van der Waals surface area contributed by atoms with Crippen molar-refractivity contribution < 1.29 is 23.9 Å². The van der Waals surface area contributed by atoms with Crippen molar-refractivity contribution in [3.05, 3.63) is 58.4 Å². The molecular weight excluding hydrogens is 544 g/mol. The normalized spacial score (nSPS) is 19.1. The van der Waals surface area contributed by atoms with Crippen molar-refractivity contribution in [2.75, 3.05) is 11.4 Å². The standard InChI is InChI=1S/C29H35N6O5S/c1-17(2)14-33(21-11-12-21)29-31-23(16-41-29)25(37)34(22(15-36)13-19-9-10-19)26(38)24-18(3)40-27(35(24)28(39)32-30)20-7-5-4-6-8-20/h4-8,16-17,19,21-22,27H,9-14,30H2,1-3H3,(H,32,39)/t22-,27?/m0/s1. The Morgan fingerprint density at radius 2 is 1.88 bits per heavy atom. The molecule has 1 unspecified atom stereocenters. The number of amides is 4. The van der Waals surface area contributed by atoms with Gasteiger partial charge in [0, 0.05) is 23.5 Å². The zero-order valence-electron chi connectivity index (χ0n) is 23.4. The van der Waals surface area contributed by atoms with Crippen molar-refractivity contribution in [2.45, 2.75) is 71.2 Å². The molecule has 2 heterocycles. The lowest BCUT2D eigenvalue weighted by Crippen LogP contribution is -2.51. The highest BCUT2D eigenvalue weighted by Crippen LogP contribution is 2.40. The van der Waals surface area contributed by atoms with E-state index in [0.717, 1.165) is 42.0 Å². The van der Waals surface area contributed by atoms with Gasteiger partial charge in [-0.2, -0.15) is 0 Å². The second kappa shape index (κ2) is 12.0. The first-order valence-corrected chi connectivity index (χ1v) is 14.8. The zero-order chi connectivity index (χ0) is 29.3. The average Bonchev–Trinajstić information content (AvgIpc) is 3.90. The van der Waals surface area contributed by atoms with Crippen molar-refractivity contribution in [3.8, 4) is 0 Å². The van der Waals surface area contributed by atoms with Gasteiger partial charge in [0.15, 0.2) is 10.8 Å². The molecule has 3 N–H and O–H groups in total. The van der Waals surface area contributed by atoms with Crippen LogP contribution >= 0.6 is 11.3 Å². The number of ether oxygens (including phenoxy) is 1. The predicted octanol–water partition coefficient (Wildman–Crippen LogP) is 3.86. The van der Waals surface area contributed by atoms with Crippen LogP contribution in [0.25, 0.3) is 0 Å². The maximum Gasteiger partial charge on any atom is 0.339 e. The molecule has 2 fully saturated rings. The van der Waals surface area contributed by atoms with Crippen molar-refractivity contribution in [1.29, 1.82) is 0 Å². The summed E-state index contributed by atoms with van der Waals surface area (Å²) in [6, 6.07) is 7.30. The van der Waals surface area contributed by atoms with Crippen LogP contribution in [0.4, 0.5) is 9.93 Å². The highest BCUT2D eigenvalue weighted by atomic mass is 32.1. The number of nitrogens with zero attached hydrogens (tertiary/aromatic N) is 4. The van der Waals surface area contributed by atoms with Gasteiger partial charge in [-0.25, -0.2) is 20.5 Å². The lowest BCUT2D eigenvalue weighted by molar-refractivity contribution is -0.127. The molecule has 1 aromatic heterocycles. The molecule has 4 amide bonds. The molecule has 2 aliphatic carbocycles. The number of benzene rings is 1. The van der Waals surface area contributed by atoms with Crippen LogP contribution in [0.2, 0.25) is 0 Å². The van der Waals surface area contributed by atoms with E-state index in [4.69, 9.17) is 10.6 Å². The number of hydrogen-bond acceptors (Lipinski definition) is 9. The minimum absolute atomic E-state index is 0.0652. The summed E-state index contributed by atoms with van der Waals surface area (Å²) < 4.78 is 5.98. The zero-order valence-corrected chi connectivity index (χ0v) is 24.2. The number of thiazole rings is 1. The monoisotopic (exact) mass is 579 g/mol. The van der Waals surface area contributed by atoms with Gasteiger partial charge in [0.1, 0.15) is 17.5 Å². The predicted molar refractivity (Wildman–Crippen MR) is 153 cm³/mol. The Morgan fingerprint density at radius 1 is 1.17 bits per heavy atom. The topological polar surface area (TPSA) is 138 Å². The molecule has 11 nitrogen and oxygen atoms in total. The molecule has 217 valence electrons. The number of rotatable bonds is 11. The van der Waals surface area contributed by atoms with Gasteiger partial charge in [-0.1, -0.05) is 57.0 Å². The van der Waals surface area contributed by atoms with Crippen LogP contribution in [0.5, 0.6) is 0 Å². The van der Waals surface area contributed by atoms with Crippen LogP contribution in [0.15, 0.2) is 47.2 Å². The molecule has 0 spiro atoms. The number of hydrazine groups is 1. The van der Waals surface area contributed by atoms with Gasteiger partial charge >= 0.3 is 6.03 Å². The third kappa shape index (κ3) is 6.13. The second-order valence-electron chi connectivity index (χ2n) is 11.2. The number of allylic oxidation sites excluding steroid dienone is 1. The van der Waals surface area contributed by atoms with Gasteiger partial charge in [-0.15, -0.1) is 11.3 Å². The molecule has 1 aromatic carbocycles. The smallest absolute Gasteiger partial charge is 0.339 e. The van der Waals surface area contributed by atoms with Gasteiger partial charge in [0.25, 0.3) is 11.8 Å². The molecule has 2 atom stereocenters. The number of carbonyl (C=O) groups excluding carboxylic acids is 4. The quantitative estimate of drug-likeness (QED) is 0.177. The van der Waals surface area contributed by atoms with E-state index in [0.29, 0.717) is 22.7 Å². The number of hydrogen-bond donors (Lipinski definition) is 2. The summed E-state index contributed by atoms with van der Waals surface area (Å²) in [6.45, 7) is 6.60. The van der Waals surface area contributed by atoms with E-state index < -0.39 is 30.1 Å². The summed E-state index contributed by atoms with van der Waals surface area (Å²) in [4.78, 5) is 62.4. The molecule has 12 heteroatoms. The molecule has 0 bridgehead atoms. The van der Waals surface area contributed by atoms with Crippen LogP contribution in [-0.2, 0) is 14.3 Å². The first kappa shape index (κ1) is 28.7. The van der Waals surface area contributed by atoms with E-state index in [1.807, 2.05) is 12.4 Å². The number of nitrogens with one attached hydrogen (secondary N) is 1. The molecular formula is C29H35N6O5S. The van der Waals surface area contributed by atoms with Crippen LogP contribution in [0, 0.1) is 11.8 Å². The van der Waals surface area contributed by atoms with Gasteiger partial charge < -0.3 is 9.64 Å². The van der Waals surface area contributed by atoms with Crippen molar-refractivity contribution in [1.82, 2.24) is 20.2 Å². The molecule has 0 saturated heterocycles. The number of carbonyl (C=O) groups is 3.